The van der Waals surface area contributed by atoms with Gasteiger partial charge in [-0.2, -0.15) is 0 Å². The van der Waals surface area contributed by atoms with E-state index in [1.54, 1.807) is 6.07 Å². The van der Waals surface area contributed by atoms with Crippen LogP contribution in [0.3, 0.4) is 0 Å². The quantitative estimate of drug-likeness (QED) is 0.912. The number of amides is 1. The minimum Gasteiger partial charge on any atom is -0.490 e. The highest BCUT2D eigenvalue weighted by Gasteiger charge is 2.20. The average molecular weight is 269 g/mol. The van der Waals surface area contributed by atoms with Crippen LogP contribution in [0.2, 0.25) is 5.02 Å². The van der Waals surface area contributed by atoms with Crippen molar-refractivity contribution in [1.29, 1.82) is 0 Å². The number of rotatable bonds is 3. The van der Waals surface area contributed by atoms with Gasteiger partial charge in [-0.1, -0.05) is 11.6 Å². The minimum absolute atomic E-state index is 0.0119. The molecule has 0 aromatic heterocycles. The molecule has 2 rings (SSSR count). The highest BCUT2D eigenvalue weighted by Crippen LogP contribution is 2.33. The molecule has 0 unspecified atom stereocenters. The maximum Gasteiger partial charge on any atom is 0.239 e. The van der Waals surface area contributed by atoms with Crippen molar-refractivity contribution in [3.8, 4) is 5.75 Å². The lowest BCUT2D eigenvalue weighted by Crippen LogP contribution is -2.43. The van der Waals surface area contributed by atoms with Crippen LogP contribution in [-0.4, -0.2) is 31.6 Å². The van der Waals surface area contributed by atoms with Crippen LogP contribution in [0.1, 0.15) is 13.8 Å². The monoisotopic (exact) mass is 268 g/mol. The molecule has 0 fully saturated rings. The van der Waals surface area contributed by atoms with Crippen molar-refractivity contribution < 1.29 is 9.53 Å². The lowest BCUT2D eigenvalue weighted by molar-refractivity contribution is -0.120. The molecular weight excluding hydrogens is 252 g/mol. The zero-order valence-electron chi connectivity index (χ0n) is 10.6. The maximum atomic E-state index is 11.8. The molecule has 1 N–H and O–H groups in total. The van der Waals surface area contributed by atoms with E-state index in [0.29, 0.717) is 24.7 Å². The van der Waals surface area contributed by atoms with Gasteiger partial charge in [-0.25, -0.2) is 0 Å². The summed E-state index contributed by atoms with van der Waals surface area (Å²) in [6.45, 7) is 5.50. The van der Waals surface area contributed by atoms with Crippen LogP contribution in [0.15, 0.2) is 18.2 Å². The summed E-state index contributed by atoms with van der Waals surface area (Å²) in [7, 11) is 0. The van der Waals surface area contributed by atoms with Crippen molar-refractivity contribution >= 4 is 23.2 Å². The molecule has 0 atom stereocenters. The van der Waals surface area contributed by atoms with E-state index >= 15 is 0 Å². The van der Waals surface area contributed by atoms with Crippen LogP contribution in [-0.2, 0) is 4.79 Å². The largest absolute Gasteiger partial charge is 0.490 e. The first-order chi connectivity index (χ1) is 8.56. The van der Waals surface area contributed by atoms with E-state index in [9.17, 15) is 4.79 Å². The van der Waals surface area contributed by atoms with Crippen molar-refractivity contribution in [3.63, 3.8) is 0 Å². The highest BCUT2D eigenvalue weighted by molar-refractivity contribution is 6.31. The third-order valence-electron chi connectivity index (χ3n) is 2.66. The molecule has 0 radical (unpaired) electrons. The van der Waals surface area contributed by atoms with E-state index < -0.39 is 0 Å². The fourth-order valence-electron chi connectivity index (χ4n) is 1.95. The normalized spacial score (nSPS) is 14.1. The van der Waals surface area contributed by atoms with Crippen molar-refractivity contribution in [2.24, 2.45) is 0 Å². The molecule has 1 aliphatic rings. The summed E-state index contributed by atoms with van der Waals surface area (Å²) in [4.78, 5) is 13.8. The van der Waals surface area contributed by atoms with Gasteiger partial charge in [0.05, 0.1) is 18.8 Å². The van der Waals surface area contributed by atoms with Gasteiger partial charge in [-0.05, 0) is 32.0 Å². The fourth-order valence-corrected chi connectivity index (χ4v) is 2.12. The van der Waals surface area contributed by atoms with E-state index in [0.717, 1.165) is 11.4 Å². The van der Waals surface area contributed by atoms with Gasteiger partial charge in [0.2, 0.25) is 5.91 Å². The van der Waals surface area contributed by atoms with Gasteiger partial charge in [-0.3, -0.25) is 4.79 Å². The van der Waals surface area contributed by atoms with E-state index in [4.69, 9.17) is 16.3 Å². The lowest BCUT2D eigenvalue weighted by Gasteiger charge is -2.31. The Morgan fingerprint density at radius 1 is 1.56 bits per heavy atom. The predicted octanol–water partition coefficient (Wildman–Crippen LogP) is 2.06. The van der Waals surface area contributed by atoms with Crippen molar-refractivity contribution in [1.82, 2.24) is 5.32 Å². The van der Waals surface area contributed by atoms with Crippen LogP contribution in [0.4, 0.5) is 5.69 Å². The smallest absolute Gasteiger partial charge is 0.239 e. The SMILES string of the molecule is CC(C)NC(=O)CN1CCOc2ccc(Cl)cc21. The predicted molar refractivity (Wildman–Crippen MR) is 72.4 cm³/mol. The summed E-state index contributed by atoms with van der Waals surface area (Å²) >= 11 is 5.98. The Morgan fingerprint density at radius 2 is 2.33 bits per heavy atom. The molecular formula is C13H17ClN2O2. The number of carbonyl (C=O) groups excluding carboxylic acids is 1. The first-order valence-corrected chi connectivity index (χ1v) is 6.40. The number of ether oxygens (including phenoxy) is 1. The second-order valence-corrected chi connectivity index (χ2v) is 5.04. The molecule has 98 valence electrons. The van der Waals surface area contributed by atoms with Gasteiger partial charge in [0.15, 0.2) is 0 Å². The number of nitrogens with zero attached hydrogens (tertiary/aromatic N) is 1. The maximum absolute atomic E-state index is 11.8. The Labute approximate surface area is 112 Å². The van der Waals surface area contributed by atoms with E-state index in [2.05, 4.69) is 5.32 Å². The number of anilines is 1. The second-order valence-electron chi connectivity index (χ2n) is 4.60. The Hall–Kier alpha value is -1.42. The number of hydrogen-bond donors (Lipinski definition) is 1. The number of halogens is 1. The summed E-state index contributed by atoms with van der Waals surface area (Å²) in [6, 6.07) is 5.61. The summed E-state index contributed by atoms with van der Waals surface area (Å²) < 4.78 is 5.54. The average Bonchev–Trinajstić information content (AvgIpc) is 2.28. The molecule has 1 aromatic rings. The molecule has 4 nitrogen and oxygen atoms in total. The molecule has 1 aromatic carbocycles. The number of hydrogen-bond acceptors (Lipinski definition) is 3. The molecule has 1 amide bonds. The number of fused-ring (bicyclic) bond motifs is 1. The molecule has 1 aliphatic heterocycles. The van der Waals surface area contributed by atoms with Crippen LogP contribution in [0.25, 0.3) is 0 Å². The van der Waals surface area contributed by atoms with Crippen LogP contribution in [0.5, 0.6) is 5.75 Å². The van der Waals surface area contributed by atoms with Crippen molar-refractivity contribution in [2.75, 3.05) is 24.6 Å². The second kappa shape index (κ2) is 5.48. The Morgan fingerprint density at radius 3 is 3.06 bits per heavy atom. The third-order valence-corrected chi connectivity index (χ3v) is 2.90. The van der Waals surface area contributed by atoms with E-state index in [-0.39, 0.29) is 11.9 Å². The number of carbonyl (C=O) groups is 1. The molecule has 18 heavy (non-hydrogen) atoms. The number of nitrogens with one attached hydrogen (secondary N) is 1. The topological polar surface area (TPSA) is 41.6 Å². The Bertz CT molecular complexity index is 449. The lowest BCUT2D eigenvalue weighted by atomic mass is 10.2. The molecule has 1 heterocycles. The van der Waals surface area contributed by atoms with Gasteiger partial charge < -0.3 is 15.0 Å². The summed E-state index contributed by atoms with van der Waals surface area (Å²) in [5.74, 6) is 0.792. The minimum atomic E-state index is 0.0119. The first kappa shape index (κ1) is 13.0. The molecule has 0 saturated heterocycles. The van der Waals surface area contributed by atoms with Gasteiger partial charge in [-0.15, -0.1) is 0 Å². The van der Waals surface area contributed by atoms with Crippen LogP contribution >= 0.6 is 11.6 Å². The Balaban J connectivity index is 2.12. The molecule has 5 heteroatoms. The van der Waals surface area contributed by atoms with Crippen molar-refractivity contribution in [2.45, 2.75) is 19.9 Å². The van der Waals surface area contributed by atoms with Crippen LogP contribution < -0.4 is 15.0 Å². The molecule has 0 spiro atoms. The van der Waals surface area contributed by atoms with Gasteiger partial charge in [0.25, 0.3) is 0 Å². The molecule has 0 bridgehead atoms. The first-order valence-electron chi connectivity index (χ1n) is 6.03. The summed E-state index contributed by atoms with van der Waals surface area (Å²) in [6.07, 6.45) is 0. The number of benzene rings is 1. The van der Waals surface area contributed by atoms with Gasteiger partial charge in [0.1, 0.15) is 12.4 Å². The fraction of sp³-hybridized carbons (Fsp3) is 0.462. The van der Waals surface area contributed by atoms with Gasteiger partial charge in [0, 0.05) is 11.1 Å². The van der Waals surface area contributed by atoms with E-state index in [1.807, 2.05) is 30.9 Å². The zero-order chi connectivity index (χ0) is 13.1. The third kappa shape index (κ3) is 3.07. The zero-order valence-corrected chi connectivity index (χ0v) is 11.3. The molecule has 0 saturated carbocycles. The standard InChI is InChI=1S/C13H17ClN2O2/c1-9(2)15-13(17)8-16-5-6-18-12-4-3-10(14)7-11(12)16/h3-4,7,9H,5-6,8H2,1-2H3,(H,15,17). The molecule has 0 aliphatic carbocycles. The summed E-state index contributed by atoms with van der Waals surface area (Å²) in [5.41, 5.74) is 0.882. The summed E-state index contributed by atoms with van der Waals surface area (Å²) in [5, 5.41) is 3.53. The highest BCUT2D eigenvalue weighted by atomic mass is 35.5. The van der Waals surface area contributed by atoms with Crippen LogP contribution in [0, 0.1) is 0 Å². The Kier molecular flexibility index (Phi) is 3.97. The van der Waals surface area contributed by atoms with Gasteiger partial charge >= 0.3 is 0 Å². The van der Waals surface area contributed by atoms with E-state index in [1.165, 1.54) is 0 Å². The van der Waals surface area contributed by atoms with Crippen molar-refractivity contribution in [3.05, 3.63) is 23.2 Å².